The Bertz CT molecular complexity index is 1310. The van der Waals surface area contributed by atoms with E-state index in [0.29, 0.717) is 29.2 Å². The van der Waals surface area contributed by atoms with Gasteiger partial charge in [-0.2, -0.15) is 0 Å². The highest BCUT2D eigenvalue weighted by Crippen LogP contribution is 2.33. The summed E-state index contributed by atoms with van der Waals surface area (Å²) in [4.78, 5) is 28.9. The minimum absolute atomic E-state index is 0.0845. The van der Waals surface area contributed by atoms with Crippen LogP contribution in [0.2, 0.25) is 5.15 Å². The maximum Gasteiger partial charge on any atom is 0.253 e. The minimum atomic E-state index is 0.0845. The number of piperazine rings is 1. The molecule has 0 saturated carbocycles. The second kappa shape index (κ2) is 12.0. The number of hydrogen-bond donors (Lipinski definition) is 0. The van der Waals surface area contributed by atoms with Gasteiger partial charge in [0.25, 0.3) is 5.91 Å². The summed E-state index contributed by atoms with van der Waals surface area (Å²) in [5, 5.41) is 1.16. The lowest BCUT2D eigenvalue weighted by molar-refractivity contribution is 0.0628. The van der Waals surface area contributed by atoms with Crippen molar-refractivity contribution in [3.8, 4) is 11.5 Å². The number of halogens is 1. The highest BCUT2D eigenvalue weighted by molar-refractivity contribution is 7.98. The van der Waals surface area contributed by atoms with Crippen LogP contribution >= 0.6 is 23.4 Å². The molecule has 4 heterocycles. The highest BCUT2D eigenvalue weighted by Gasteiger charge is 2.23. The summed E-state index contributed by atoms with van der Waals surface area (Å²) < 4.78 is 10.9. The van der Waals surface area contributed by atoms with E-state index in [1.54, 1.807) is 11.8 Å². The second-order valence-electron chi connectivity index (χ2n) is 10.1. The summed E-state index contributed by atoms with van der Waals surface area (Å²) in [6, 6.07) is 15.8. The van der Waals surface area contributed by atoms with Crippen LogP contribution in [0.4, 0.5) is 5.82 Å². The lowest BCUT2D eigenvalue weighted by Gasteiger charge is -2.34. The van der Waals surface area contributed by atoms with Gasteiger partial charge in [0, 0.05) is 63.2 Å². The van der Waals surface area contributed by atoms with Crippen LogP contribution in [0.15, 0.2) is 53.7 Å². The molecule has 8 nitrogen and oxygen atoms in total. The first-order chi connectivity index (χ1) is 19.1. The van der Waals surface area contributed by atoms with E-state index in [0.717, 1.165) is 61.2 Å². The number of carbonyl (C=O) groups is 1. The normalized spacial score (nSPS) is 17.5. The molecule has 3 aliphatic rings. The van der Waals surface area contributed by atoms with Crippen LogP contribution in [0.25, 0.3) is 0 Å². The molecular weight excluding hydrogens is 534 g/mol. The molecule has 2 fully saturated rings. The van der Waals surface area contributed by atoms with E-state index < -0.39 is 0 Å². The predicted molar refractivity (Wildman–Crippen MR) is 153 cm³/mol. The zero-order valence-electron chi connectivity index (χ0n) is 21.9. The average Bonchev–Trinajstić information content (AvgIpc) is 3.45. The van der Waals surface area contributed by atoms with Gasteiger partial charge >= 0.3 is 0 Å². The number of fused-ring (bicyclic) bond motifs is 1. The second-order valence-corrected chi connectivity index (χ2v) is 11.5. The SMILES string of the molecule is O=C(c1ccc(CSc2nc(Cl)cc(N3CCCCC3)n2)cc1)N1CCN(Cc2ccc3c(c2)OCO3)CC1. The number of piperidine rings is 1. The van der Waals surface area contributed by atoms with Crippen molar-refractivity contribution in [2.75, 3.05) is 51.0 Å². The topological polar surface area (TPSA) is 71.0 Å². The van der Waals surface area contributed by atoms with Crippen LogP contribution in [-0.2, 0) is 12.3 Å². The summed E-state index contributed by atoms with van der Waals surface area (Å²) in [7, 11) is 0. The molecule has 6 rings (SSSR count). The Balaban J connectivity index is 0.996. The molecule has 0 spiro atoms. The molecule has 1 amide bonds. The van der Waals surface area contributed by atoms with E-state index in [1.807, 2.05) is 47.4 Å². The average molecular weight is 566 g/mol. The standard InChI is InChI=1S/C29H32ClN5O3S/c30-26-17-27(34-10-2-1-3-11-34)32-29(31-26)39-19-21-4-7-23(8-5-21)28(36)35-14-12-33(13-15-35)18-22-6-9-24-25(16-22)38-20-37-24/h4-9,16-17H,1-3,10-15,18-20H2. The minimum Gasteiger partial charge on any atom is -0.454 e. The molecule has 0 bridgehead atoms. The maximum atomic E-state index is 13.1. The number of carbonyl (C=O) groups excluding carboxylic acids is 1. The molecule has 0 aliphatic carbocycles. The molecule has 3 aromatic rings. The summed E-state index contributed by atoms with van der Waals surface area (Å²) in [6.07, 6.45) is 3.64. The number of benzene rings is 2. The molecule has 39 heavy (non-hydrogen) atoms. The Labute approximate surface area is 238 Å². The number of nitrogens with zero attached hydrogens (tertiary/aromatic N) is 5. The van der Waals surface area contributed by atoms with Crippen LogP contribution in [0.5, 0.6) is 11.5 Å². The number of thioether (sulfide) groups is 1. The van der Waals surface area contributed by atoms with Gasteiger partial charge in [0.2, 0.25) is 6.79 Å². The van der Waals surface area contributed by atoms with Gasteiger partial charge in [-0.15, -0.1) is 0 Å². The maximum absolute atomic E-state index is 13.1. The number of ether oxygens (including phenoxy) is 2. The molecular formula is C29H32ClN5O3S. The number of aromatic nitrogens is 2. The van der Waals surface area contributed by atoms with Crippen LogP contribution in [0.3, 0.4) is 0 Å². The van der Waals surface area contributed by atoms with Crippen LogP contribution in [0, 0.1) is 0 Å². The van der Waals surface area contributed by atoms with Crippen LogP contribution in [-0.4, -0.2) is 71.7 Å². The lowest BCUT2D eigenvalue weighted by Crippen LogP contribution is -2.48. The number of amides is 1. The van der Waals surface area contributed by atoms with E-state index in [2.05, 4.69) is 20.9 Å². The van der Waals surface area contributed by atoms with E-state index in [1.165, 1.54) is 24.8 Å². The molecule has 0 N–H and O–H groups in total. The Kier molecular flexibility index (Phi) is 8.08. The monoisotopic (exact) mass is 565 g/mol. The predicted octanol–water partition coefficient (Wildman–Crippen LogP) is 5.10. The smallest absolute Gasteiger partial charge is 0.253 e. The summed E-state index contributed by atoms with van der Waals surface area (Å²) in [6.45, 7) is 6.26. The zero-order valence-corrected chi connectivity index (χ0v) is 23.4. The van der Waals surface area contributed by atoms with Crippen LogP contribution in [0.1, 0.15) is 40.7 Å². The fourth-order valence-electron chi connectivity index (χ4n) is 5.22. The largest absolute Gasteiger partial charge is 0.454 e. The molecule has 2 saturated heterocycles. The number of rotatable bonds is 7. The quantitative estimate of drug-likeness (QED) is 0.223. The van der Waals surface area contributed by atoms with Crippen molar-refractivity contribution in [3.05, 3.63) is 70.4 Å². The highest BCUT2D eigenvalue weighted by atomic mass is 35.5. The van der Waals surface area contributed by atoms with E-state index in [4.69, 9.17) is 26.1 Å². The molecule has 204 valence electrons. The summed E-state index contributed by atoms with van der Waals surface area (Å²) >= 11 is 7.87. The Morgan fingerprint density at radius 3 is 2.38 bits per heavy atom. The Morgan fingerprint density at radius 2 is 1.59 bits per heavy atom. The molecule has 0 atom stereocenters. The molecule has 0 radical (unpaired) electrons. The first-order valence-corrected chi connectivity index (χ1v) is 14.9. The van der Waals surface area contributed by atoms with Gasteiger partial charge in [0.05, 0.1) is 0 Å². The Morgan fingerprint density at radius 1 is 0.846 bits per heavy atom. The number of anilines is 1. The fourth-order valence-corrected chi connectivity index (χ4v) is 6.25. The van der Waals surface area contributed by atoms with Gasteiger partial charge in [-0.1, -0.05) is 41.6 Å². The van der Waals surface area contributed by atoms with Crippen molar-refractivity contribution in [2.24, 2.45) is 0 Å². The van der Waals surface area contributed by atoms with Crippen molar-refractivity contribution >= 4 is 35.1 Å². The van der Waals surface area contributed by atoms with Gasteiger partial charge in [-0.25, -0.2) is 9.97 Å². The third-order valence-corrected chi connectivity index (χ3v) is 8.52. The lowest BCUT2D eigenvalue weighted by atomic mass is 10.1. The van der Waals surface area contributed by atoms with Crippen molar-refractivity contribution in [1.82, 2.24) is 19.8 Å². The molecule has 3 aliphatic heterocycles. The van der Waals surface area contributed by atoms with Crippen molar-refractivity contribution in [3.63, 3.8) is 0 Å². The van der Waals surface area contributed by atoms with E-state index >= 15 is 0 Å². The Hall–Kier alpha value is -3.01. The van der Waals surface area contributed by atoms with Gasteiger partial charge in [-0.3, -0.25) is 9.69 Å². The summed E-state index contributed by atoms with van der Waals surface area (Å²) in [5.74, 6) is 3.33. The van der Waals surface area contributed by atoms with Crippen LogP contribution < -0.4 is 14.4 Å². The van der Waals surface area contributed by atoms with Crippen molar-refractivity contribution in [1.29, 1.82) is 0 Å². The van der Waals surface area contributed by atoms with Gasteiger partial charge < -0.3 is 19.3 Å². The zero-order chi connectivity index (χ0) is 26.6. The molecule has 0 unspecified atom stereocenters. The summed E-state index contributed by atoms with van der Waals surface area (Å²) in [5.41, 5.74) is 3.03. The van der Waals surface area contributed by atoms with E-state index in [-0.39, 0.29) is 12.7 Å². The third kappa shape index (κ3) is 6.42. The molecule has 1 aromatic heterocycles. The first-order valence-electron chi connectivity index (χ1n) is 13.5. The van der Waals surface area contributed by atoms with Crippen molar-refractivity contribution in [2.45, 2.75) is 36.7 Å². The third-order valence-electron chi connectivity index (χ3n) is 7.41. The van der Waals surface area contributed by atoms with Gasteiger partial charge in [0.15, 0.2) is 16.7 Å². The number of hydrogen-bond acceptors (Lipinski definition) is 8. The van der Waals surface area contributed by atoms with Gasteiger partial charge in [-0.05, 0) is 54.7 Å². The fraction of sp³-hybridized carbons (Fsp3) is 0.414. The molecule has 10 heteroatoms. The van der Waals surface area contributed by atoms with E-state index in [9.17, 15) is 4.79 Å². The molecule has 2 aromatic carbocycles. The van der Waals surface area contributed by atoms with Crippen molar-refractivity contribution < 1.29 is 14.3 Å². The first kappa shape index (κ1) is 26.2. The van der Waals surface area contributed by atoms with Gasteiger partial charge in [0.1, 0.15) is 11.0 Å².